The van der Waals surface area contributed by atoms with E-state index in [1.165, 1.54) is 26.7 Å². The minimum Gasteiger partial charge on any atom is -0.0947 e. The molecule has 0 fully saturated rings. The molecular weight excluding hydrogens is 388 g/mol. The normalized spacial score (nSPS) is 19.0. The maximum atomic E-state index is 4.20. The van der Waals surface area contributed by atoms with Crippen molar-refractivity contribution in [1.29, 1.82) is 0 Å². The summed E-state index contributed by atoms with van der Waals surface area (Å²) in [5.74, 6) is 0.526. The lowest BCUT2D eigenvalue weighted by atomic mass is 9.92. The van der Waals surface area contributed by atoms with Gasteiger partial charge >= 0.3 is 0 Å². The van der Waals surface area contributed by atoms with Gasteiger partial charge in [-0.1, -0.05) is 76.1 Å². The molecule has 2 heteroatoms. The average molecular weight is 410 g/mol. The van der Waals surface area contributed by atoms with Gasteiger partial charge in [0.05, 0.1) is 0 Å². The number of benzene rings is 1. The Labute approximate surface area is 145 Å². The number of rotatable bonds is 4. The van der Waals surface area contributed by atoms with Crippen molar-refractivity contribution in [2.24, 2.45) is 5.92 Å². The Hall–Kier alpha value is -0.600. The first-order chi connectivity index (χ1) is 10.0. The smallest absolute Gasteiger partial charge is 0.0209 e. The zero-order chi connectivity index (χ0) is 15.4. The van der Waals surface area contributed by atoms with Crippen LogP contribution in [0.4, 0.5) is 0 Å². The highest BCUT2D eigenvalue weighted by atomic mass is 79.9. The van der Waals surface area contributed by atoms with E-state index in [9.17, 15) is 0 Å². The average Bonchev–Trinajstić information content (AvgIpc) is 2.58. The molecule has 1 atom stereocenters. The van der Waals surface area contributed by atoms with Crippen LogP contribution in [0.2, 0.25) is 0 Å². The van der Waals surface area contributed by atoms with E-state index < -0.39 is 0 Å². The summed E-state index contributed by atoms with van der Waals surface area (Å²) in [5, 5.41) is 0. The first kappa shape index (κ1) is 16.8. The Morgan fingerprint density at radius 3 is 2.57 bits per heavy atom. The number of halogens is 2. The van der Waals surface area contributed by atoms with Crippen LogP contribution < -0.4 is 0 Å². The van der Waals surface area contributed by atoms with E-state index in [1.54, 1.807) is 0 Å². The fourth-order valence-electron chi connectivity index (χ4n) is 2.75. The summed E-state index contributed by atoms with van der Waals surface area (Å²) in [6.45, 7) is 8.60. The largest absolute Gasteiger partial charge is 0.0947 e. The van der Waals surface area contributed by atoms with Gasteiger partial charge in [-0.15, -0.1) is 0 Å². The summed E-state index contributed by atoms with van der Waals surface area (Å²) in [6, 6.07) is 6.77. The Balaban J connectivity index is 2.19. The zero-order valence-corrected chi connectivity index (χ0v) is 15.9. The molecule has 112 valence electrons. The zero-order valence-electron chi connectivity index (χ0n) is 12.8. The summed E-state index contributed by atoms with van der Waals surface area (Å²) >= 11 is 7.33. The fourth-order valence-corrected chi connectivity index (χ4v) is 3.91. The maximum Gasteiger partial charge on any atom is 0.0209 e. The van der Waals surface area contributed by atoms with E-state index in [4.69, 9.17) is 0 Å². The van der Waals surface area contributed by atoms with Crippen molar-refractivity contribution in [3.8, 4) is 0 Å². The van der Waals surface area contributed by atoms with Gasteiger partial charge in [-0.05, 0) is 60.4 Å². The van der Waals surface area contributed by atoms with E-state index in [1.807, 2.05) is 0 Å². The third-order valence-electron chi connectivity index (χ3n) is 4.01. The third kappa shape index (κ3) is 4.43. The molecule has 1 aromatic rings. The first-order valence-corrected chi connectivity index (χ1v) is 9.15. The number of aryl methyl sites for hydroxylation is 1. The van der Waals surface area contributed by atoms with E-state index in [0.717, 1.165) is 30.2 Å². The lowest BCUT2D eigenvalue weighted by Gasteiger charge is -2.14. The Bertz CT molecular complexity index is 594. The predicted molar refractivity (Wildman–Crippen MR) is 99.9 cm³/mol. The second-order valence-electron chi connectivity index (χ2n) is 5.64. The molecule has 1 aliphatic carbocycles. The molecule has 1 aromatic carbocycles. The van der Waals surface area contributed by atoms with Crippen LogP contribution >= 0.6 is 31.9 Å². The Morgan fingerprint density at radius 2 is 1.95 bits per heavy atom. The summed E-state index contributed by atoms with van der Waals surface area (Å²) in [6.07, 6.45) is 8.86. The molecule has 0 aromatic heterocycles. The fraction of sp³-hybridized carbons (Fsp3) is 0.368. The standard InChI is InChI=1S/C19H22Br2/c1-4-14-9-16(8-13(3)18(20)11-14)10-15-6-7-17(5-2)19(21)12-15/h6-7,9,11-12,16H,3-5,8,10H2,1-2H3. The van der Waals surface area contributed by atoms with Crippen LogP contribution in [-0.2, 0) is 12.8 Å². The second-order valence-corrected chi connectivity index (χ2v) is 7.35. The SMILES string of the molecule is C=C1CC(Cc2ccc(CC)c(Br)c2)C=C(CC)C=C1Br. The highest BCUT2D eigenvalue weighted by Gasteiger charge is 2.15. The van der Waals surface area contributed by atoms with Crippen molar-refractivity contribution in [1.82, 2.24) is 0 Å². The van der Waals surface area contributed by atoms with Gasteiger partial charge in [0.25, 0.3) is 0 Å². The highest BCUT2D eigenvalue weighted by Crippen LogP contribution is 2.32. The molecule has 0 nitrogen and oxygen atoms in total. The molecule has 0 aliphatic heterocycles. The van der Waals surface area contributed by atoms with Crippen LogP contribution in [0.5, 0.6) is 0 Å². The molecule has 2 rings (SSSR count). The van der Waals surface area contributed by atoms with Crippen LogP contribution in [0, 0.1) is 5.92 Å². The summed E-state index contributed by atoms with van der Waals surface area (Å²) in [4.78, 5) is 0. The van der Waals surface area contributed by atoms with Crippen molar-refractivity contribution >= 4 is 31.9 Å². The summed E-state index contributed by atoms with van der Waals surface area (Å²) in [7, 11) is 0. The highest BCUT2D eigenvalue weighted by molar-refractivity contribution is 9.12. The van der Waals surface area contributed by atoms with E-state index in [-0.39, 0.29) is 0 Å². The predicted octanol–water partition coefficient (Wildman–Crippen LogP) is 6.75. The number of allylic oxidation sites excluding steroid dienone is 5. The lowest BCUT2D eigenvalue weighted by Crippen LogP contribution is -2.03. The Kier molecular flexibility index (Phi) is 6.07. The van der Waals surface area contributed by atoms with Crippen LogP contribution in [-0.4, -0.2) is 0 Å². The minimum absolute atomic E-state index is 0.526. The lowest BCUT2D eigenvalue weighted by molar-refractivity contribution is 0.645. The van der Waals surface area contributed by atoms with Gasteiger partial charge in [0.15, 0.2) is 0 Å². The van der Waals surface area contributed by atoms with E-state index >= 15 is 0 Å². The van der Waals surface area contributed by atoms with Crippen molar-refractivity contribution in [3.63, 3.8) is 0 Å². The van der Waals surface area contributed by atoms with Crippen LogP contribution in [0.15, 0.2) is 57.0 Å². The molecular formula is C19H22Br2. The van der Waals surface area contributed by atoms with Crippen molar-refractivity contribution in [2.75, 3.05) is 0 Å². The molecule has 0 spiro atoms. The molecule has 0 saturated carbocycles. The molecule has 0 radical (unpaired) electrons. The van der Waals surface area contributed by atoms with Gasteiger partial charge in [-0.3, -0.25) is 0 Å². The minimum atomic E-state index is 0.526. The number of hydrogen-bond acceptors (Lipinski definition) is 0. The van der Waals surface area contributed by atoms with Gasteiger partial charge in [0.2, 0.25) is 0 Å². The van der Waals surface area contributed by atoms with Crippen molar-refractivity contribution in [2.45, 2.75) is 39.5 Å². The molecule has 1 aliphatic rings. The summed E-state index contributed by atoms with van der Waals surface area (Å²) in [5.41, 5.74) is 5.36. The first-order valence-electron chi connectivity index (χ1n) is 7.56. The Morgan fingerprint density at radius 1 is 1.19 bits per heavy atom. The summed E-state index contributed by atoms with van der Waals surface area (Å²) < 4.78 is 2.38. The molecule has 0 N–H and O–H groups in total. The molecule has 1 unspecified atom stereocenters. The maximum absolute atomic E-state index is 4.20. The van der Waals surface area contributed by atoms with Crippen LogP contribution in [0.1, 0.15) is 37.8 Å². The van der Waals surface area contributed by atoms with Gasteiger partial charge in [-0.25, -0.2) is 0 Å². The van der Waals surface area contributed by atoms with Gasteiger partial charge in [0.1, 0.15) is 0 Å². The molecule has 0 bridgehead atoms. The van der Waals surface area contributed by atoms with Crippen molar-refractivity contribution in [3.05, 3.63) is 68.2 Å². The van der Waals surface area contributed by atoms with Gasteiger partial charge < -0.3 is 0 Å². The van der Waals surface area contributed by atoms with Crippen LogP contribution in [0.3, 0.4) is 0 Å². The van der Waals surface area contributed by atoms with Crippen molar-refractivity contribution < 1.29 is 0 Å². The van der Waals surface area contributed by atoms with Crippen LogP contribution in [0.25, 0.3) is 0 Å². The molecule has 21 heavy (non-hydrogen) atoms. The molecule has 0 saturated heterocycles. The van der Waals surface area contributed by atoms with E-state index in [0.29, 0.717) is 5.92 Å². The monoisotopic (exact) mass is 408 g/mol. The second kappa shape index (κ2) is 7.60. The van der Waals surface area contributed by atoms with E-state index in [2.05, 4.69) is 82.6 Å². The van der Waals surface area contributed by atoms with Gasteiger partial charge in [0, 0.05) is 8.96 Å². The number of hydrogen-bond donors (Lipinski definition) is 0. The topological polar surface area (TPSA) is 0 Å². The molecule has 0 heterocycles. The third-order valence-corrected chi connectivity index (χ3v) is 5.54. The quantitative estimate of drug-likeness (QED) is 0.516. The molecule has 0 amide bonds. The van der Waals surface area contributed by atoms with Gasteiger partial charge in [-0.2, -0.15) is 0 Å².